The zero-order chi connectivity index (χ0) is 18.4. The van der Waals surface area contributed by atoms with Gasteiger partial charge < -0.3 is 4.90 Å². The first kappa shape index (κ1) is 16.9. The largest absolute Gasteiger partial charge is 0.342 e. The van der Waals surface area contributed by atoms with Crippen LogP contribution in [0.15, 0.2) is 17.2 Å². The number of likely N-dealkylation sites (tertiary alicyclic amines) is 2. The number of nitrogens with one attached hydrogen (secondary N) is 1. The second kappa shape index (κ2) is 6.44. The molecule has 0 unspecified atom stereocenters. The zero-order valence-corrected chi connectivity index (χ0v) is 15.6. The molecular formula is C19H26N6O2. The first-order chi connectivity index (χ1) is 13.1. The molecule has 2 saturated heterocycles. The third-order valence-electron chi connectivity index (χ3n) is 6.67. The molecule has 0 aromatic carbocycles. The molecule has 5 rings (SSSR count). The molecule has 2 aliphatic heterocycles. The van der Waals surface area contributed by atoms with Crippen molar-refractivity contribution in [2.45, 2.75) is 45.1 Å². The Morgan fingerprint density at radius 3 is 2.89 bits per heavy atom. The molecule has 1 aliphatic carbocycles. The molecular weight excluding hydrogens is 344 g/mol. The third kappa shape index (κ3) is 2.96. The Balaban J connectivity index is 1.29. The van der Waals surface area contributed by atoms with E-state index >= 15 is 0 Å². The number of carbonyl (C=O) groups is 1. The molecule has 27 heavy (non-hydrogen) atoms. The van der Waals surface area contributed by atoms with Gasteiger partial charge in [-0.2, -0.15) is 4.52 Å². The minimum Gasteiger partial charge on any atom is -0.342 e. The summed E-state index contributed by atoms with van der Waals surface area (Å²) in [6.45, 7) is 4.12. The Hall–Kier alpha value is -2.22. The smallest absolute Gasteiger partial charge is 0.274 e. The fourth-order valence-electron chi connectivity index (χ4n) is 4.96. The van der Waals surface area contributed by atoms with Gasteiger partial charge in [0, 0.05) is 32.2 Å². The summed E-state index contributed by atoms with van der Waals surface area (Å²) in [5.41, 5.74) is 0.341. The molecule has 3 aliphatic rings. The van der Waals surface area contributed by atoms with Crippen molar-refractivity contribution >= 4 is 11.7 Å². The van der Waals surface area contributed by atoms with E-state index in [9.17, 15) is 9.59 Å². The predicted molar refractivity (Wildman–Crippen MR) is 99.1 cm³/mol. The minimum absolute atomic E-state index is 0.151. The molecule has 0 radical (unpaired) electrons. The lowest BCUT2D eigenvalue weighted by Gasteiger charge is -2.42. The van der Waals surface area contributed by atoms with Crippen LogP contribution in [-0.4, -0.2) is 61.5 Å². The van der Waals surface area contributed by atoms with Crippen molar-refractivity contribution in [1.82, 2.24) is 29.4 Å². The minimum atomic E-state index is -0.229. The number of aromatic nitrogens is 4. The van der Waals surface area contributed by atoms with Crippen LogP contribution in [0.2, 0.25) is 0 Å². The Labute approximate surface area is 157 Å². The maximum Gasteiger partial charge on any atom is 0.274 e. The molecule has 0 bridgehead atoms. The number of hydrogen-bond donors (Lipinski definition) is 1. The van der Waals surface area contributed by atoms with Crippen molar-refractivity contribution in [2.24, 2.45) is 11.3 Å². The Morgan fingerprint density at radius 1 is 1.19 bits per heavy atom. The normalized spacial score (nSPS) is 27.0. The SMILES string of the molecule is O=C1N(CC2CCC2)CCC[C@@]12CCN(Cc1cc(=O)n3[nH]cnc3n1)C2. The summed E-state index contributed by atoms with van der Waals surface area (Å²) in [4.78, 5) is 38.3. The van der Waals surface area contributed by atoms with Crippen molar-refractivity contribution in [3.05, 3.63) is 28.4 Å². The highest BCUT2D eigenvalue weighted by Gasteiger charge is 2.48. The summed E-state index contributed by atoms with van der Waals surface area (Å²) in [6.07, 6.45) is 8.34. The first-order valence-electron chi connectivity index (χ1n) is 10.1. The maximum atomic E-state index is 13.2. The summed E-state index contributed by atoms with van der Waals surface area (Å²) >= 11 is 0. The van der Waals surface area contributed by atoms with Crippen LogP contribution in [0.5, 0.6) is 0 Å². The van der Waals surface area contributed by atoms with E-state index in [-0.39, 0.29) is 11.0 Å². The van der Waals surface area contributed by atoms with E-state index in [1.165, 1.54) is 30.1 Å². The molecule has 1 atom stereocenters. The molecule has 2 aromatic heterocycles. The van der Waals surface area contributed by atoms with Gasteiger partial charge >= 0.3 is 0 Å². The molecule has 8 nitrogen and oxygen atoms in total. The van der Waals surface area contributed by atoms with Crippen LogP contribution in [0.25, 0.3) is 5.78 Å². The molecule has 1 spiro atoms. The van der Waals surface area contributed by atoms with E-state index in [1.807, 2.05) is 0 Å². The van der Waals surface area contributed by atoms with Crippen molar-refractivity contribution < 1.29 is 4.79 Å². The van der Waals surface area contributed by atoms with Crippen LogP contribution in [0.4, 0.5) is 0 Å². The topological polar surface area (TPSA) is 86.6 Å². The van der Waals surface area contributed by atoms with Gasteiger partial charge in [0.1, 0.15) is 6.33 Å². The number of H-pyrrole nitrogens is 1. The van der Waals surface area contributed by atoms with Crippen molar-refractivity contribution in [1.29, 1.82) is 0 Å². The van der Waals surface area contributed by atoms with Gasteiger partial charge in [-0.25, -0.2) is 9.97 Å². The number of amides is 1. The lowest BCUT2D eigenvalue weighted by atomic mass is 9.77. The van der Waals surface area contributed by atoms with Crippen LogP contribution in [0.1, 0.15) is 44.2 Å². The molecule has 4 heterocycles. The molecule has 1 N–H and O–H groups in total. The number of hydrogen-bond acceptors (Lipinski definition) is 5. The van der Waals surface area contributed by atoms with E-state index < -0.39 is 0 Å². The van der Waals surface area contributed by atoms with Gasteiger partial charge in [-0.3, -0.25) is 19.6 Å². The second-order valence-corrected chi connectivity index (χ2v) is 8.50. The van der Waals surface area contributed by atoms with Crippen LogP contribution < -0.4 is 5.56 Å². The molecule has 8 heteroatoms. The number of aromatic amines is 1. The van der Waals surface area contributed by atoms with E-state index in [1.54, 1.807) is 6.07 Å². The third-order valence-corrected chi connectivity index (χ3v) is 6.67. The van der Waals surface area contributed by atoms with E-state index in [0.717, 1.165) is 57.1 Å². The van der Waals surface area contributed by atoms with Gasteiger partial charge in [0.25, 0.3) is 11.3 Å². The number of rotatable bonds is 4. The second-order valence-electron chi connectivity index (χ2n) is 8.50. The quantitative estimate of drug-likeness (QED) is 0.869. The standard InChI is InChI=1S/C19H26N6O2/c26-16-9-15(22-18-20-13-21-25(16)18)11-23-8-6-19(12-23)5-2-7-24(17(19)27)10-14-3-1-4-14/h9,13-14H,1-8,10-12H2,(H,20,21,22)/t19-/m0/s1. The van der Waals surface area contributed by atoms with Crippen LogP contribution >= 0.6 is 0 Å². The van der Waals surface area contributed by atoms with Gasteiger partial charge in [0.05, 0.1) is 11.1 Å². The fraction of sp³-hybridized carbons (Fsp3) is 0.684. The fourth-order valence-corrected chi connectivity index (χ4v) is 4.96. The van der Waals surface area contributed by atoms with E-state index in [0.29, 0.717) is 18.2 Å². The Bertz CT molecular complexity index is 916. The van der Waals surface area contributed by atoms with E-state index in [4.69, 9.17) is 0 Å². The van der Waals surface area contributed by atoms with Gasteiger partial charge in [-0.15, -0.1) is 0 Å². The van der Waals surface area contributed by atoms with Gasteiger partial charge in [0.15, 0.2) is 0 Å². The Morgan fingerprint density at radius 2 is 2.07 bits per heavy atom. The summed E-state index contributed by atoms with van der Waals surface area (Å²) in [6, 6.07) is 1.56. The van der Waals surface area contributed by atoms with Crippen LogP contribution in [0, 0.1) is 11.3 Å². The summed E-state index contributed by atoms with van der Waals surface area (Å²) in [5, 5.41) is 2.76. The van der Waals surface area contributed by atoms with Crippen LogP contribution in [0.3, 0.4) is 0 Å². The van der Waals surface area contributed by atoms with Gasteiger partial charge in [-0.05, 0) is 44.6 Å². The number of piperidine rings is 1. The zero-order valence-electron chi connectivity index (χ0n) is 15.6. The number of fused-ring (bicyclic) bond motifs is 1. The highest BCUT2D eigenvalue weighted by molar-refractivity contribution is 5.84. The van der Waals surface area contributed by atoms with Gasteiger partial charge in [0.2, 0.25) is 5.91 Å². The molecule has 1 saturated carbocycles. The summed E-state index contributed by atoms with van der Waals surface area (Å²) < 4.78 is 1.33. The lowest BCUT2D eigenvalue weighted by Crippen LogP contribution is -2.51. The van der Waals surface area contributed by atoms with E-state index in [2.05, 4.69) is 24.9 Å². The Kier molecular flexibility index (Phi) is 4.03. The molecule has 1 amide bonds. The van der Waals surface area contributed by atoms with Crippen molar-refractivity contribution in [3.63, 3.8) is 0 Å². The molecule has 3 fully saturated rings. The predicted octanol–water partition coefficient (Wildman–Crippen LogP) is 1.03. The number of nitrogens with zero attached hydrogens (tertiary/aromatic N) is 5. The first-order valence-corrected chi connectivity index (χ1v) is 10.1. The maximum absolute atomic E-state index is 13.2. The lowest BCUT2D eigenvalue weighted by molar-refractivity contribution is -0.146. The van der Waals surface area contributed by atoms with Crippen molar-refractivity contribution in [2.75, 3.05) is 26.2 Å². The average molecular weight is 370 g/mol. The van der Waals surface area contributed by atoms with Crippen molar-refractivity contribution in [3.8, 4) is 0 Å². The summed E-state index contributed by atoms with van der Waals surface area (Å²) in [5.74, 6) is 1.48. The monoisotopic (exact) mass is 370 g/mol. The average Bonchev–Trinajstić information content (AvgIpc) is 3.23. The van der Waals surface area contributed by atoms with Crippen LogP contribution in [-0.2, 0) is 11.3 Å². The number of carbonyl (C=O) groups excluding carboxylic acids is 1. The summed E-state index contributed by atoms with van der Waals surface area (Å²) in [7, 11) is 0. The molecule has 144 valence electrons. The van der Waals surface area contributed by atoms with Gasteiger partial charge in [-0.1, -0.05) is 6.42 Å². The molecule has 2 aromatic rings. The highest BCUT2D eigenvalue weighted by Crippen LogP contribution is 2.41. The highest BCUT2D eigenvalue weighted by atomic mass is 16.2.